The van der Waals surface area contributed by atoms with E-state index >= 15 is 0 Å². The van der Waals surface area contributed by atoms with Gasteiger partial charge in [-0.25, -0.2) is 9.97 Å². The molecule has 3 rings (SSSR count). The van der Waals surface area contributed by atoms with Crippen LogP contribution in [-0.4, -0.2) is 33.6 Å². The summed E-state index contributed by atoms with van der Waals surface area (Å²) < 4.78 is 38.9. The Balaban J connectivity index is 1.85. The van der Waals surface area contributed by atoms with Gasteiger partial charge in [-0.15, -0.1) is 0 Å². The van der Waals surface area contributed by atoms with Crippen LogP contribution in [0.5, 0.6) is 0 Å². The minimum Gasteiger partial charge on any atom is -0.352 e. The third kappa shape index (κ3) is 1.62. The molecule has 1 saturated heterocycles. The van der Waals surface area contributed by atoms with Gasteiger partial charge in [0.2, 0.25) is 0 Å². The zero-order valence-corrected chi connectivity index (χ0v) is 8.72. The van der Waals surface area contributed by atoms with Gasteiger partial charge in [-0.3, -0.25) is 0 Å². The lowest BCUT2D eigenvalue weighted by molar-refractivity contribution is -0.180. The Morgan fingerprint density at radius 2 is 1.76 bits per heavy atom. The first-order chi connectivity index (χ1) is 8.05. The SMILES string of the molecule is FC(F)(F)C1CN(c2nccn3ccnc23)C1. The Labute approximate surface area is 94.7 Å². The minimum absolute atomic E-state index is 0.0387. The molecular weight excluding hydrogens is 233 g/mol. The molecule has 0 aromatic carbocycles. The lowest BCUT2D eigenvalue weighted by Gasteiger charge is -2.40. The van der Waals surface area contributed by atoms with E-state index in [0.29, 0.717) is 11.5 Å². The third-order valence-corrected chi connectivity index (χ3v) is 2.94. The molecule has 0 radical (unpaired) electrons. The van der Waals surface area contributed by atoms with Gasteiger partial charge in [0.05, 0.1) is 5.92 Å². The van der Waals surface area contributed by atoms with Crippen molar-refractivity contribution in [2.45, 2.75) is 6.18 Å². The molecule has 1 fully saturated rings. The van der Waals surface area contributed by atoms with Crippen molar-refractivity contribution >= 4 is 11.5 Å². The van der Waals surface area contributed by atoms with Gasteiger partial charge in [-0.2, -0.15) is 13.2 Å². The number of nitrogens with zero attached hydrogens (tertiary/aromatic N) is 4. The first-order valence-corrected chi connectivity index (χ1v) is 5.15. The number of aromatic nitrogens is 3. The molecule has 1 aliphatic heterocycles. The quantitative estimate of drug-likeness (QED) is 0.763. The number of hydrogen-bond acceptors (Lipinski definition) is 3. The second-order valence-electron chi connectivity index (χ2n) is 4.05. The molecule has 0 unspecified atom stereocenters. The Morgan fingerprint density at radius 3 is 2.41 bits per heavy atom. The zero-order chi connectivity index (χ0) is 12.0. The highest BCUT2D eigenvalue weighted by atomic mass is 19.4. The van der Waals surface area contributed by atoms with E-state index in [0.717, 1.165) is 0 Å². The Bertz CT molecular complexity index is 542. The van der Waals surface area contributed by atoms with E-state index in [-0.39, 0.29) is 13.1 Å². The molecule has 1 aliphatic rings. The maximum Gasteiger partial charge on any atom is 0.395 e. The van der Waals surface area contributed by atoms with Crippen LogP contribution in [0, 0.1) is 5.92 Å². The van der Waals surface area contributed by atoms with Crippen LogP contribution < -0.4 is 4.90 Å². The number of fused-ring (bicyclic) bond motifs is 1. The lowest BCUT2D eigenvalue weighted by Crippen LogP contribution is -2.53. The Kier molecular flexibility index (Phi) is 2.04. The van der Waals surface area contributed by atoms with Crippen molar-refractivity contribution in [1.29, 1.82) is 0 Å². The fourth-order valence-electron chi connectivity index (χ4n) is 1.92. The topological polar surface area (TPSA) is 33.4 Å². The van der Waals surface area contributed by atoms with Gasteiger partial charge in [-0.1, -0.05) is 0 Å². The normalized spacial score (nSPS) is 17.5. The fourth-order valence-corrected chi connectivity index (χ4v) is 1.92. The van der Waals surface area contributed by atoms with Crippen LogP contribution in [0.15, 0.2) is 24.8 Å². The molecule has 7 heteroatoms. The number of hydrogen-bond donors (Lipinski definition) is 0. The largest absolute Gasteiger partial charge is 0.395 e. The molecule has 17 heavy (non-hydrogen) atoms. The average molecular weight is 242 g/mol. The molecule has 4 nitrogen and oxygen atoms in total. The van der Waals surface area contributed by atoms with Crippen LogP contribution >= 0.6 is 0 Å². The molecule has 0 saturated carbocycles. The van der Waals surface area contributed by atoms with Crippen LogP contribution in [0.3, 0.4) is 0 Å². The molecule has 0 aliphatic carbocycles. The van der Waals surface area contributed by atoms with Crippen molar-refractivity contribution in [3.63, 3.8) is 0 Å². The lowest BCUT2D eigenvalue weighted by atomic mass is 10.00. The molecule has 0 amide bonds. The second kappa shape index (κ2) is 3.35. The van der Waals surface area contributed by atoms with Crippen molar-refractivity contribution < 1.29 is 13.2 Å². The van der Waals surface area contributed by atoms with Crippen molar-refractivity contribution in [3.8, 4) is 0 Å². The molecule has 0 N–H and O–H groups in total. The Morgan fingerprint density at radius 1 is 1.12 bits per heavy atom. The summed E-state index contributed by atoms with van der Waals surface area (Å²) in [6.07, 6.45) is 2.50. The standard InChI is InChI=1S/C10H9F3N4/c11-10(12,13)7-5-17(6-7)9-8-14-1-3-16(8)4-2-15-9/h1-4,7H,5-6H2. The van der Waals surface area contributed by atoms with Crippen molar-refractivity contribution in [3.05, 3.63) is 24.8 Å². The summed E-state index contributed by atoms with van der Waals surface area (Å²) >= 11 is 0. The van der Waals surface area contributed by atoms with Gasteiger partial charge in [0.25, 0.3) is 0 Å². The summed E-state index contributed by atoms with van der Waals surface area (Å²) in [5.74, 6) is -0.738. The molecule has 90 valence electrons. The van der Waals surface area contributed by atoms with Crippen molar-refractivity contribution in [1.82, 2.24) is 14.4 Å². The molecule has 0 spiro atoms. The number of halogens is 3. The molecule has 0 bridgehead atoms. The average Bonchev–Trinajstić information content (AvgIpc) is 2.61. The predicted octanol–water partition coefficient (Wildman–Crippen LogP) is 1.73. The van der Waals surface area contributed by atoms with Crippen LogP contribution in [0.1, 0.15) is 0 Å². The number of alkyl halides is 3. The van der Waals surface area contributed by atoms with Crippen molar-refractivity contribution in [2.24, 2.45) is 5.92 Å². The monoisotopic (exact) mass is 242 g/mol. The van der Waals surface area contributed by atoms with Gasteiger partial charge < -0.3 is 9.30 Å². The highest BCUT2D eigenvalue weighted by molar-refractivity contribution is 5.65. The fraction of sp³-hybridized carbons (Fsp3) is 0.400. The van der Waals surface area contributed by atoms with E-state index in [1.807, 2.05) is 0 Å². The van der Waals surface area contributed by atoms with E-state index in [1.165, 1.54) is 0 Å². The van der Waals surface area contributed by atoms with E-state index in [2.05, 4.69) is 9.97 Å². The van der Waals surface area contributed by atoms with Crippen LogP contribution in [0.2, 0.25) is 0 Å². The third-order valence-electron chi connectivity index (χ3n) is 2.94. The summed E-state index contributed by atoms with van der Waals surface area (Å²) in [4.78, 5) is 9.78. The summed E-state index contributed by atoms with van der Waals surface area (Å²) in [6, 6.07) is 0. The maximum absolute atomic E-state index is 12.4. The minimum atomic E-state index is -4.11. The van der Waals surface area contributed by atoms with Gasteiger partial charge in [-0.05, 0) is 0 Å². The summed E-state index contributed by atoms with van der Waals surface area (Å²) in [5.41, 5.74) is 0.591. The van der Waals surface area contributed by atoms with Gasteiger partial charge in [0.1, 0.15) is 0 Å². The Hall–Kier alpha value is -1.79. The highest BCUT2D eigenvalue weighted by Gasteiger charge is 2.47. The predicted molar refractivity (Wildman–Crippen MR) is 54.7 cm³/mol. The van der Waals surface area contributed by atoms with Crippen LogP contribution in [0.25, 0.3) is 5.65 Å². The highest BCUT2D eigenvalue weighted by Crippen LogP contribution is 2.36. The first-order valence-electron chi connectivity index (χ1n) is 5.15. The molecule has 2 aromatic rings. The summed E-state index contributed by atoms with van der Waals surface area (Å²) in [5, 5.41) is 0. The van der Waals surface area contributed by atoms with Gasteiger partial charge in [0, 0.05) is 37.9 Å². The van der Waals surface area contributed by atoms with Crippen LogP contribution in [0.4, 0.5) is 19.0 Å². The zero-order valence-electron chi connectivity index (χ0n) is 8.72. The smallest absolute Gasteiger partial charge is 0.352 e. The van der Waals surface area contributed by atoms with E-state index in [9.17, 15) is 13.2 Å². The maximum atomic E-state index is 12.4. The second-order valence-corrected chi connectivity index (χ2v) is 4.05. The number of imidazole rings is 1. The van der Waals surface area contributed by atoms with E-state index in [4.69, 9.17) is 0 Å². The molecule has 2 aromatic heterocycles. The first kappa shape index (κ1) is 10.4. The van der Waals surface area contributed by atoms with E-state index in [1.54, 1.807) is 34.1 Å². The van der Waals surface area contributed by atoms with Gasteiger partial charge in [0.15, 0.2) is 11.5 Å². The molecule has 0 atom stereocenters. The number of anilines is 1. The van der Waals surface area contributed by atoms with Gasteiger partial charge >= 0.3 is 6.18 Å². The summed E-state index contributed by atoms with van der Waals surface area (Å²) in [6.45, 7) is -0.0773. The molecular formula is C10H9F3N4. The molecule has 3 heterocycles. The van der Waals surface area contributed by atoms with Crippen LogP contribution in [-0.2, 0) is 0 Å². The van der Waals surface area contributed by atoms with E-state index < -0.39 is 12.1 Å². The summed E-state index contributed by atoms with van der Waals surface area (Å²) in [7, 11) is 0. The number of rotatable bonds is 1. The van der Waals surface area contributed by atoms with Crippen molar-refractivity contribution in [2.75, 3.05) is 18.0 Å².